The standard InChI is InChI=1S/C24H28N4O3/c1-17-4-6-18(7-5-17)21-15-22(26-25-21)24(29)28-12-10-27(11-13-28)16-19-14-20(30-2)8-9-23(19)31-3/h4-9,14-15H,10-13,16H2,1-3H3,(H,25,26). The fraction of sp³-hybridized carbons (Fsp3) is 0.333. The van der Waals surface area contributed by atoms with Crippen LogP contribution >= 0.6 is 0 Å². The Morgan fingerprint density at radius 3 is 2.42 bits per heavy atom. The zero-order valence-corrected chi connectivity index (χ0v) is 18.2. The molecule has 0 spiro atoms. The van der Waals surface area contributed by atoms with Gasteiger partial charge in [0.25, 0.3) is 5.91 Å². The lowest BCUT2D eigenvalue weighted by molar-refractivity contribution is 0.0621. The number of rotatable bonds is 6. The first-order valence-corrected chi connectivity index (χ1v) is 10.4. The third kappa shape index (κ3) is 4.72. The fourth-order valence-corrected chi connectivity index (χ4v) is 3.83. The summed E-state index contributed by atoms with van der Waals surface area (Å²) in [7, 11) is 3.34. The predicted octanol–water partition coefficient (Wildman–Crippen LogP) is 3.36. The Kier molecular flexibility index (Phi) is 6.23. The van der Waals surface area contributed by atoms with Gasteiger partial charge in [0, 0.05) is 43.9 Å². The maximum absolute atomic E-state index is 12.9. The molecular weight excluding hydrogens is 392 g/mol. The van der Waals surface area contributed by atoms with Crippen LogP contribution in [0.5, 0.6) is 11.5 Å². The molecule has 3 aromatic rings. The highest BCUT2D eigenvalue weighted by Crippen LogP contribution is 2.26. The third-order valence-corrected chi connectivity index (χ3v) is 5.70. The molecule has 2 aromatic carbocycles. The molecule has 7 heteroatoms. The van der Waals surface area contributed by atoms with E-state index in [4.69, 9.17) is 9.47 Å². The lowest BCUT2D eigenvalue weighted by Crippen LogP contribution is -2.48. The number of aromatic nitrogens is 2. The average Bonchev–Trinajstić information content (AvgIpc) is 3.30. The predicted molar refractivity (Wildman–Crippen MR) is 119 cm³/mol. The van der Waals surface area contributed by atoms with E-state index in [1.165, 1.54) is 5.56 Å². The van der Waals surface area contributed by atoms with Crippen molar-refractivity contribution in [2.75, 3.05) is 40.4 Å². The Morgan fingerprint density at radius 1 is 1.00 bits per heavy atom. The molecular formula is C24H28N4O3. The second-order valence-corrected chi connectivity index (χ2v) is 7.78. The van der Waals surface area contributed by atoms with Crippen LogP contribution in [-0.2, 0) is 6.54 Å². The molecule has 1 saturated heterocycles. The van der Waals surface area contributed by atoms with E-state index in [0.717, 1.165) is 48.0 Å². The number of aromatic amines is 1. The first-order chi connectivity index (χ1) is 15.1. The van der Waals surface area contributed by atoms with Gasteiger partial charge in [0.05, 0.1) is 19.9 Å². The Balaban J connectivity index is 1.37. The van der Waals surface area contributed by atoms with E-state index in [9.17, 15) is 4.79 Å². The summed E-state index contributed by atoms with van der Waals surface area (Å²) in [5.41, 5.74) is 4.58. The summed E-state index contributed by atoms with van der Waals surface area (Å²) in [6.45, 7) is 5.74. The van der Waals surface area contributed by atoms with Gasteiger partial charge < -0.3 is 14.4 Å². The van der Waals surface area contributed by atoms with Crippen LogP contribution in [-0.4, -0.2) is 66.3 Å². The van der Waals surface area contributed by atoms with Crippen molar-refractivity contribution in [1.82, 2.24) is 20.0 Å². The smallest absolute Gasteiger partial charge is 0.271 e. The van der Waals surface area contributed by atoms with Gasteiger partial charge in [-0.05, 0) is 31.2 Å². The van der Waals surface area contributed by atoms with Crippen molar-refractivity contribution < 1.29 is 14.3 Å². The Morgan fingerprint density at radius 2 is 1.74 bits per heavy atom. The molecule has 0 unspecified atom stereocenters. The summed E-state index contributed by atoms with van der Waals surface area (Å²) in [4.78, 5) is 17.2. The lowest BCUT2D eigenvalue weighted by Gasteiger charge is -2.34. The molecule has 7 nitrogen and oxygen atoms in total. The first-order valence-electron chi connectivity index (χ1n) is 10.4. The molecule has 1 aliphatic rings. The molecule has 0 atom stereocenters. The summed E-state index contributed by atoms with van der Waals surface area (Å²) in [6, 6.07) is 15.8. The van der Waals surface area contributed by atoms with E-state index in [-0.39, 0.29) is 5.91 Å². The molecule has 1 aromatic heterocycles. The minimum Gasteiger partial charge on any atom is -0.497 e. The van der Waals surface area contributed by atoms with E-state index in [1.54, 1.807) is 14.2 Å². The van der Waals surface area contributed by atoms with Crippen molar-refractivity contribution in [3.05, 3.63) is 65.4 Å². The van der Waals surface area contributed by atoms with Gasteiger partial charge in [-0.1, -0.05) is 29.8 Å². The molecule has 4 rings (SSSR count). The van der Waals surface area contributed by atoms with Crippen molar-refractivity contribution in [3.63, 3.8) is 0 Å². The Hall–Kier alpha value is -3.32. The van der Waals surface area contributed by atoms with Crippen LogP contribution in [0.1, 0.15) is 21.6 Å². The van der Waals surface area contributed by atoms with Crippen LogP contribution < -0.4 is 9.47 Å². The van der Waals surface area contributed by atoms with Crippen molar-refractivity contribution in [2.45, 2.75) is 13.5 Å². The van der Waals surface area contributed by atoms with Crippen molar-refractivity contribution >= 4 is 5.91 Å². The second kappa shape index (κ2) is 9.22. The zero-order chi connectivity index (χ0) is 21.8. The van der Waals surface area contributed by atoms with Gasteiger partial charge in [0.2, 0.25) is 0 Å². The van der Waals surface area contributed by atoms with Gasteiger partial charge in [-0.25, -0.2) is 0 Å². The molecule has 1 N–H and O–H groups in total. The number of carbonyl (C=O) groups excluding carboxylic acids is 1. The maximum Gasteiger partial charge on any atom is 0.271 e. The second-order valence-electron chi connectivity index (χ2n) is 7.78. The van der Waals surface area contributed by atoms with E-state index >= 15 is 0 Å². The molecule has 0 saturated carbocycles. The number of aryl methyl sites for hydroxylation is 1. The van der Waals surface area contributed by atoms with Crippen LogP contribution in [0.4, 0.5) is 0 Å². The molecule has 0 radical (unpaired) electrons. The molecule has 0 bridgehead atoms. The Bertz CT molecular complexity index is 1040. The first kappa shape index (κ1) is 20.9. The number of nitrogens with one attached hydrogen (secondary N) is 1. The average molecular weight is 421 g/mol. The molecule has 2 heterocycles. The topological polar surface area (TPSA) is 70.7 Å². The third-order valence-electron chi connectivity index (χ3n) is 5.70. The monoisotopic (exact) mass is 420 g/mol. The number of H-pyrrole nitrogens is 1. The van der Waals surface area contributed by atoms with Crippen LogP contribution in [0.25, 0.3) is 11.3 Å². The van der Waals surface area contributed by atoms with E-state index < -0.39 is 0 Å². The highest BCUT2D eigenvalue weighted by atomic mass is 16.5. The van der Waals surface area contributed by atoms with Gasteiger partial charge in [-0.15, -0.1) is 0 Å². The number of methoxy groups -OCH3 is 2. The van der Waals surface area contributed by atoms with E-state index in [1.807, 2.05) is 60.4 Å². The number of piperazine rings is 1. The maximum atomic E-state index is 12.9. The Labute approximate surface area is 182 Å². The van der Waals surface area contributed by atoms with Gasteiger partial charge in [0.1, 0.15) is 17.2 Å². The van der Waals surface area contributed by atoms with Gasteiger partial charge in [-0.3, -0.25) is 14.8 Å². The number of hydrogen-bond donors (Lipinski definition) is 1. The normalized spacial score (nSPS) is 14.5. The molecule has 1 amide bonds. The highest BCUT2D eigenvalue weighted by Gasteiger charge is 2.24. The summed E-state index contributed by atoms with van der Waals surface area (Å²) >= 11 is 0. The number of amides is 1. The van der Waals surface area contributed by atoms with Crippen LogP contribution in [0.15, 0.2) is 48.5 Å². The zero-order valence-electron chi connectivity index (χ0n) is 18.2. The van der Waals surface area contributed by atoms with Crippen molar-refractivity contribution in [2.24, 2.45) is 0 Å². The van der Waals surface area contributed by atoms with E-state index in [2.05, 4.69) is 15.1 Å². The summed E-state index contributed by atoms with van der Waals surface area (Å²) in [5.74, 6) is 1.65. The number of carbonyl (C=O) groups is 1. The molecule has 31 heavy (non-hydrogen) atoms. The summed E-state index contributed by atoms with van der Waals surface area (Å²) < 4.78 is 10.8. The minimum absolute atomic E-state index is 0.00975. The molecule has 1 aliphatic heterocycles. The molecule has 0 aliphatic carbocycles. The SMILES string of the molecule is COc1ccc(OC)c(CN2CCN(C(=O)c3cc(-c4ccc(C)cc4)n[nH]3)CC2)c1. The van der Waals surface area contributed by atoms with Crippen LogP contribution in [0, 0.1) is 6.92 Å². The van der Waals surface area contributed by atoms with E-state index in [0.29, 0.717) is 18.8 Å². The largest absolute Gasteiger partial charge is 0.497 e. The summed E-state index contributed by atoms with van der Waals surface area (Å²) in [5, 5.41) is 7.24. The molecule has 162 valence electrons. The van der Waals surface area contributed by atoms with Gasteiger partial charge >= 0.3 is 0 Å². The lowest BCUT2D eigenvalue weighted by atomic mass is 10.1. The van der Waals surface area contributed by atoms with Crippen molar-refractivity contribution in [1.29, 1.82) is 0 Å². The quantitative estimate of drug-likeness (QED) is 0.662. The number of ether oxygens (including phenoxy) is 2. The van der Waals surface area contributed by atoms with Crippen molar-refractivity contribution in [3.8, 4) is 22.8 Å². The summed E-state index contributed by atoms with van der Waals surface area (Å²) in [6.07, 6.45) is 0. The van der Waals surface area contributed by atoms with Gasteiger partial charge in [-0.2, -0.15) is 5.10 Å². The number of benzene rings is 2. The number of nitrogens with zero attached hydrogens (tertiary/aromatic N) is 3. The van der Waals surface area contributed by atoms with Crippen LogP contribution in [0.3, 0.4) is 0 Å². The fourth-order valence-electron chi connectivity index (χ4n) is 3.83. The van der Waals surface area contributed by atoms with Crippen LogP contribution in [0.2, 0.25) is 0 Å². The van der Waals surface area contributed by atoms with Gasteiger partial charge in [0.15, 0.2) is 0 Å². The molecule has 1 fully saturated rings. The highest BCUT2D eigenvalue weighted by molar-refractivity contribution is 5.93. The number of hydrogen-bond acceptors (Lipinski definition) is 5. The minimum atomic E-state index is -0.00975.